The van der Waals surface area contributed by atoms with Crippen molar-refractivity contribution in [2.75, 3.05) is 44.2 Å². The van der Waals surface area contributed by atoms with Crippen LogP contribution in [0.2, 0.25) is 5.02 Å². The first-order valence-electron chi connectivity index (χ1n) is 8.22. The van der Waals surface area contributed by atoms with Crippen LogP contribution in [0.3, 0.4) is 0 Å². The van der Waals surface area contributed by atoms with E-state index in [0.717, 1.165) is 44.2 Å². The van der Waals surface area contributed by atoms with E-state index < -0.39 is 0 Å². The summed E-state index contributed by atoms with van der Waals surface area (Å²) in [6, 6.07) is 14.2. The van der Waals surface area contributed by atoms with Gasteiger partial charge in [-0.2, -0.15) is 0 Å². The first kappa shape index (κ1) is 17.5. The highest BCUT2D eigenvalue weighted by Crippen LogP contribution is 2.21. The second kappa shape index (κ2) is 8.18. The number of non-ortho nitro benzene ring substituents is 1. The van der Waals surface area contributed by atoms with Crippen LogP contribution in [0.15, 0.2) is 48.5 Å². The molecule has 0 unspecified atom stereocenters. The standard InChI is InChI=1S/C18H20ClN3O3/c19-15-2-1-3-18(14-15)25-13-12-20-8-10-21(11-9-20)16-4-6-17(7-5-16)22(23)24/h1-7,14H,8-13H2. The Morgan fingerprint density at radius 3 is 2.44 bits per heavy atom. The van der Waals surface area contributed by atoms with Crippen molar-refractivity contribution >= 4 is 23.0 Å². The maximum Gasteiger partial charge on any atom is 0.269 e. The summed E-state index contributed by atoms with van der Waals surface area (Å²) in [6.07, 6.45) is 0. The zero-order chi connectivity index (χ0) is 17.6. The van der Waals surface area contributed by atoms with Crippen LogP contribution in [0.4, 0.5) is 11.4 Å². The fourth-order valence-electron chi connectivity index (χ4n) is 2.86. The van der Waals surface area contributed by atoms with E-state index in [0.29, 0.717) is 11.6 Å². The van der Waals surface area contributed by atoms with Gasteiger partial charge >= 0.3 is 0 Å². The predicted octanol–water partition coefficient (Wildman–Crippen LogP) is 3.45. The van der Waals surface area contributed by atoms with Crippen LogP contribution in [0, 0.1) is 10.1 Å². The Bertz CT molecular complexity index is 716. The van der Waals surface area contributed by atoms with Crippen LogP contribution in [0.1, 0.15) is 0 Å². The average Bonchev–Trinajstić information content (AvgIpc) is 2.62. The van der Waals surface area contributed by atoms with Crippen molar-refractivity contribution in [1.82, 2.24) is 4.90 Å². The van der Waals surface area contributed by atoms with E-state index in [-0.39, 0.29) is 10.6 Å². The number of nitrogens with zero attached hydrogens (tertiary/aromatic N) is 3. The van der Waals surface area contributed by atoms with Gasteiger partial charge in [0.05, 0.1) is 4.92 Å². The quantitative estimate of drug-likeness (QED) is 0.582. The minimum absolute atomic E-state index is 0.126. The molecule has 1 saturated heterocycles. The molecule has 0 bridgehead atoms. The lowest BCUT2D eigenvalue weighted by atomic mass is 10.2. The van der Waals surface area contributed by atoms with Crippen molar-refractivity contribution in [3.8, 4) is 5.75 Å². The Morgan fingerprint density at radius 2 is 1.80 bits per heavy atom. The molecule has 132 valence electrons. The topological polar surface area (TPSA) is 58.9 Å². The van der Waals surface area contributed by atoms with Gasteiger partial charge in [0.25, 0.3) is 5.69 Å². The largest absolute Gasteiger partial charge is 0.492 e. The van der Waals surface area contributed by atoms with Gasteiger partial charge in [-0.25, -0.2) is 0 Å². The van der Waals surface area contributed by atoms with Crippen LogP contribution >= 0.6 is 11.6 Å². The van der Waals surface area contributed by atoms with Crippen molar-refractivity contribution in [2.24, 2.45) is 0 Å². The van der Waals surface area contributed by atoms with Crippen molar-refractivity contribution in [3.63, 3.8) is 0 Å². The highest BCUT2D eigenvalue weighted by atomic mass is 35.5. The van der Waals surface area contributed by atoms with Crippen LogP contribution in [-0.4, -0.2) is 49.2 Å². The molecule has 0 aromatic heterocycles. The van der Waals surface area contributed by atoms with Crippen molar-refractivity contribution in [2.45, 2.75) is 0 Å². The molecule has 1 aliphatic heterocycles. The molecule has 0 atom stereocenters. The summed E-state index contributed by atoms with van der Waals surface area (Å²) in [4.78, 5) is 14.9. The SMILES string of the molecule is O=[N+]([O-])c1ccc(N2CCN(CCOc3cccc(Cl)c3)CC2)cc1. The smallest absolute Gasteiger partial charge is 0.269 e. The van der Waals surface area contributed by atoms with Crippen LogP contribution in [0.25, 0.3) is 0 Å². The third kappa shape index (κ3) is 4.84. The van der Waals surface area contributed by atoms with Crippen LogP contribution in [-0.2, 0) is 0 Å². The molecule has 1 fully saturated rings. The van der Waals surface area contributed by atoms with Gasteiger partial charge in [-0.15, -0.1) is 0 Å². The summed E-state index contributed by atoms with van der Waals surface area (Å²) in [5.74, 6) is 0.789. The summed E-state index contributed by atoms with van der Waals surface area (Å²) in [5, 5.41) is 11.4. The van der Waals surface area contributed by atoms with Gasteiger partial charge in [-0.05, 0) is 30.3 Å². The Hall–Kier alpha value is -2.31. The number of piperazine rings is 1. The second-order valence-electron chi connectivity index (χ2n) is 5.91. The monoisotopic (exact) mass is 361 g/mol. The van der Waals surface area contributed by atoms with E-state index in [2.05, 4.69) is 9.80 Å². The lowest BCUT2D eigenvalue weighted by molar-refractivity contribution is -0.384. The van der Waals surface area contributed by atoms with Gasteiger partial charge in [0, 0.05) is 55.6 Å². The minimum Gasteiger partial charge on any atom is -0.492 e. The normalized spacial score (nSPS) is 15.2. The third-order valence-electron chi connectivity index (χ3n) is 4.27. The Morgan fingerprint density at radius 1 is 1.08 bits per heavy atom. The second-order valence-corrected chi connectivity index (χ2v) is 6.34. The molecule has 2 aromatic carbocycles. The van der Waals surface area contributed by atoms with Gasteiger partial charge in [0.2, 0.25) is 0 Å². The molecular formula is C18H20ClN3O3. The van der Waals surface area contributed by atoms with Gasteiger partial charge in [-0.1, -0.05) is 17.7 Å². The number of ether oxygens (including phenoxy) is 1. The Balaban J connectivity index is 1.43. The molecule has 0 spiro atoms. The summed E-state index contributed by atoms with van der Waals surface area (Å²) in [6.45, 7) is 5.16. The molecule has 0 saturated carbocycles. The van der Waals surface area contributed by atoms with E-state index in [9.17, 15) is 10.1 Å². The van der Waals surface area contributed by atoms with E-state index in [1.54, 1.807) is 12.1 Å². The summed E-state index contributed by atoms with van der Waals surface area (Å²) >= 11 is 5.94. The van der Waals surface area contributed by atoms with Gasteiger partial charge in [-0.3, -0.25) is 15.0 Å². The molecular weight excluding hydrogens is 342 g/mol. The van der Waals surface area contributed by atoms with Crippen LogP contribution < -0.4 is 9.64 Å². The molecule has 1 aliphatic rings. The maximum atomic E-state index is 10.7. The lowest BCUT2D eigenvalue weighted by Gasteiger charge is -2.36. The average molecular weight is 362 g/mol. The van der Waals surface area contributed by atoms with E-state index in [1.165, 1.54) is 0 Å². The summed E-state index contributed by atoms with van der Waals surface area (Å²) in [7, 11) is 0. The highest BCUT2D eigenvalue weighted by Gasteiger charge is 2.17. The van der Waals surface area contributed by atoms with E-state index in [4.69, 9.17) is 16.3 Å². The number of anilines is 1. The molecule has 25 heavy (non-hydrogen) atoms. The molecule has 1 heterocycles. The number of benzene rings is 2. The predicted molar refractivity (Wildman–Crippen MR) is 98.7 cm³/mol. The first-order chi connectivity index (χ1) is 12.1. The zero-order valence-electron chi connectivity index (χ0n) is 13.8. The number of nitro groups is 1. The van der Waals surface area contributed by atoms with Gasteiger partial charge in [0.15, 0.2) is 0 Å². The molecule has 7 heteroatoms. The highest BCUT2D eigenvalue weighted by molar-refractivity contribution is 6.30. The van der Waals surface area contributed by atoms with E-state index in [1.807, 2.05) is 36.4 Å². The first-order valence-corrected chi connectivity index (χ1v) is 8.60. The zero-order valence-corrected chi connectivity index (χ0v) is 14.6. The number of hydrogen-bond donors (Lipinski definition) is 0. The summed E-state index contributed by atoms with van der Waals surface area (Å²) < 4.78 is 5.73. The van der Waals surface area contributed by atoms with Crippen LogP contribution in [0.5, 0.6) is 5.75 Å². The van der Waals surface area contributed by atoms with Crippen molar-refractivity contribution < 1.29 is 9.66 Å². The molecule has 3 rings (SSSR count). The number of halogens is 1. The Labute approximate surface area is 151 Å². The molecule has 0 N–H and O–H groups in total. The molecule has 0 amide bonds. The number of hydrogen-bond acceptors (Lipinski definition) is 5. The Kier molecular flexibility index (Phi) is 5.73. The molecule has 0 radical (unpaired) electrons. The van der Waals surface area contributed by atoms with Crippen molar-refractivity contribution in [1.29, 1.82) is 0 Å². The van der Waals surface area contributed by atoms with E-state index >= 15 is 0 Å². The third-order valence-corrected chi connectivity index (χ3v) is 4.51. The lowest BCUT2D eigenvalue weighted by Crippen LogP contribution is -2.47. The fourth-order valence-corrected chi connectivity index (χ4v) is 3.04. The van der Waals surface area contributed by atoms with Gasteiger partial charge in [0.1, 0.15) is 12.4 Å². The van der Waals surface area contributed by atoms with Gasteiger partial charge < -0.3 is 9.64 Å². The molecule has 2 aromatic rings. The molecule has 0 aliphatic carbocycles. The van der Waals surface area contributed by atoms with Crippen molar-refractivity contribution in [3.05, 3.63) is 63.7 Å². The minimum atomic E-state index is -0.373. The maximum absolute atomic E-state index is 10.7. The number of rotatable bonds is 6. The number of nitro benzene ring substituents is 1. The fraction of sp³-hybridized carbons (Fsp3) is 0.333. The molecule has 6 nitrogen and oxygen atoms in total. The summed E-state index contributed by atoms with van der Waals surface area (Å²) in [5.41, 5.74) is 1.15.